The van der Waals surface area contributed by atoms with Crippen molar-refractivity contribution in [3.05, 3.63) is 38.9 Å². The van der Waals surface area contributed by atoms with E-state index in [1.165, 1.54) is 26.0 Å². The average Bonchev–Trinajstić information content (AvgIpc) is 2.74. The number of rotatable bonds is 6. The zero-order valence-corrected chi connectivity index (χ0v) is 19.8. The molecule has 0 amide bonds. The summed E-state index contributed by atoms with van der Waals surface area (Å²) in [6.45, 7) is 8.65. The summed E-state index contributed by atoms with van der Waals surface area (Å²) in [7, 11) is 0. The molecule has 33 heavy (non-hydrogen) atoms. The molecular formula is C22H28ClNO9. The van der Waals surface area contributed by atoms with Crippen molar-refractivity contribution in [3.8, 4) is 0 Å². The van der Waals surface area contributed by atoms with Gasteiger partial charge in [-0.05, 0) is 50.2 Å². The van der Waals surface area contributed by atoms with Gasteiger partial charge in [0, 0.05) is 12.0 Å². The van der Waals surface area contributed by atoms with E-state index >= 15 is 0 Å². The quantitative estimate of drug-likeness (QED) is 0.204. The van der Waals surface area contributed by atoms with Gasteiger partial charge in [-0.15, -0.1) is 0 Å². The maximum atomic E-state index is 12.8. The molecule has 0 bridgehead atoms. The SMILES string of the molecule is CC1C2[C@@H](OC(C)(C)OO)OC(=O)[C@H](C)[C@@H]2C[C@@H](OC(=O)c2ccc(Cl)c([N+](=O)[O-])c2)[C@H]1C. The molecule has 182 valence electrons. The standard InChI is InChI=1S/C22H28ClNO9/c1-10-11(2)18-14(12(3)19(25)31-21(18)32-22(4,5)33-29)9-17(10)30-20(26)13-6-7-15(23)16(8-13)24(27)28/h6-8,10-12,14,17-18,21,29H,9H2,1-5H3/t10-,11?,12+,14-,17+,18?,21+/m0/s1. The zero-order valence-electron chi connectivity index (χ0n) is 19.0. The minimum absolute atomic E-state index is 0.0206. The van der Waals surface area contributed by atoms with Crippen LogP contribution in [0.1, 0.15) is 51.4 Å². The Hall–Kier alpha value is -2.27. The van der Waals surface area contributed by atoms with Crippen LogP contribution < -0.4 is 0 Å². The summed E-state index contributed by atoms with van der Waals surface area (Å²) in [6, 6.07) is 3.75. The second kappa shape index (κ2) is 9.54. The molecule has 1 saturated carbocycles. The van der Waals surface area contributed by atoms with Gasteiger partial charge >= 0.3 is 11.9 Å². The molecule has 10 nitrogen and oxygen atoms in total. The van der Waals surface area contributed by atoms with E-state index in [9.17, 15) is 19.7 Å². The highest BCUT2D eigenvalue weighted by molar-refractivity contribution is 6.32. The number of cyclic esters (lactones) is 1. The van der Waals surface area contributed by atoms with Crippen LogP contribution in [0.4, 0.5) is 5.69 Å². The average molecular weight is 486 g/mol. The van der Waals surface area contributed by atoms with Gasteiger partial charge in [0.15, 0.2) is 5.79 Å². The van der Waals surface area contributed by atoms with Crippen molar-refractivity contribution < 1.29 is 38.9 Å². The normalized spacial score (nSPS) is 32.0. The predicted molar refractivity (Wildman–Crippen MR) is 115 cm³/mol. The van der Waals surface area contributed by atoms with Crippen molar-refractivity contribution >= 4 is 29.2 Å². The summed E-state index contributed by atoms with van der Waals surface area (Å²) in [6.07, 6.45) is -1.08. The molecule has 0 spiro atoms. The van der Waals surface area contributed by atoms with Gasteiger partial charge in [0.05, 0.1) is 16.4 Å². The first kappa shape index (κ1) is 25.4. The summed E-state index contributed by atoms with van der Waals surface area (Å²) in [4.78, 5) is 40.2. The molecule has 1 aliphatic carbocycles. The number of nitrogens with zero attached hydrogens (tertiary/aromatic N) is 1. The predicted octanol–water partition coefficient (Wildman–Crippen LogP) is 4.44. The molecular weight excluding hydrogens is 458 g/mol. The number of carbonyl (C=O) groups excluding carboxylic acids is 2. The molecule has 1 aromatic rings. The van der Waals surface area contributed by atoms with Gasteiger partial charge in [0.25, 0.3) is 5.69 Å². The highest BCUT2D eigenvalue weighted by Gasteiger charge is 2.54. The molecule has 1 saturated heterocycles. The first-order valence-electron chi connectivity index (χ1n) is 10.7. The molecule has 2 unspecified atom stereocenters. The van der Waals surface area contributed by atoms with Gasteiger partial charge < -0.3 is 14.2 Å². The van der Waals surface area contributed by atoms with E-state index in [1.54, 1.807) is 6.92 Å². The molecule has 0 aromatic heterocycles. The second-order valence-electron chi connectivity index (χ2n) is 9.27. The van der Waals surface area contributed by atoms with Gasteiger partial charge in [-0.2, -0.15) is 0 Å². The van der Waals surface area contributed by atoms with E-state index in [0.29, 0.717) is 6.42 Å². The first-order chi connectivity index (χ1) is 15.4. The third kappa shape index (κ3) is 5.13. The highest BCUT2D eigenvalue weighted by atomic mass is 35.5. The fourth-order valence-electron chi connectivity index (χ4n) is 4.73. The first-order valence-corrected chi connectivity index (χ1v) is 11.1. The summed E-state index contributed by atoms with van der Waals surface area (Å²) >= 11 is 5.83. The summed E-state index contributed by atoms with van der Waals surface area (Å²) in [5, 5.41) is 20.2. The zero-order chi connectivity index (χ0) is 24.7. The summed E-state index contributed by atoms with van der Waals surface area (Å²) in [5.74, 6) is -3.64. The maximum Gasteiger partial charge on any atom is 0.338 e. The number of esters is 2. The Kier molecular flexibility index (Phi) is 7.33. The largest absolute Gasteiger partial charge is 0.458 e. The Bertz CT molecular complexity index is 936. The number of nitro groups is 1. The lowest BCUT2D eigenvalue weighted by Gasteiger charge is -2.51. The molecule has 11 heteroatoms. The van der Waals surface area contributed by atoms with Gasteiger partial charge in [0.2, 0.25) is 6.29 Å². The van der Waals surface area contributed by atoms with E-state index < -0.39 is 41.0 Å². The van der Waals surface area contributed by atoms with E-state index in [1.807, 2.05) is 13.8 Å². The topological polar surface area (TPSA) is 134 Å². The maximum absolute atomic E-state index is 12.8. The molecule has 3 rings (SSSR count). The fourth-order valence-corrected chi connectivity index (χ4v) is 4.91. The van der Waals surface area contributed by atoms with Gasteiger partial charge in [0.1, 0.15) is 11.1 Å². The molecule has 1 aromatic carbocycles. The smallest absolute Gasteiger partial charge is 0.338 e. The number of ether oxygens (including phenoxy) is 3. The summed E-state index contributed by atoms with van der Waals surface area (Å²) < 4.78 is 17.1. The van der Waals surface area contributed by atoms with Gasteiger partial charge in [-0.3, -0.25) is 14.9 Å². The third-order valence-corrected chi connectivity index (χ3v) is 7.16. The number of fused-ring (bicyclic) bond motifs is 1. The van der Waals surface area contributed by atoms with Crippen LogP contribution in [0, 0.1) is 39.7 Å². The third-order valence-electron chi connectivity index (χ3n) is 6.84. The van der Waals surface area contributed by atoms with Crippen LogP contribution in [-0.4, -0.2) is 40.3 Å². The Morgan fingerprint density at radius 2 is 1.94 bits per heavy atom. The van der Waals surface area contributed by atoms with E-state index in [-0.39, 0.29) is 39.9 Å². The van der Waals surface area contributed by atoms with Gasteiger partial charge in [-0.25, -0.2) is 14.9 Å². The van der Waals surface area contributed by atoms with E-state index in [0.717, 1.165) is 6.07 Å². The number of carbonyl (C=O) groups is 2. The number of halogens is 1. The van der Waals surface area contributed by atoms with Crippen molar-refractivity contribution in [2.45, 2.75) is 59.2 Å². The molecule has 7 atom stereocenters. The molecule has 1 heterocycles. The molecule has 0 radical (unpaired) electrons. The minimum atomic E-state index is -1.38. The van der Waals surface area contributed by atoms with Crippen molar-refractivity contribution in [3.63, 3.8) is 0 Å². The Morgan fingerprint density at radius 3 is 2.55 bits per heavy atom. The van der Waals surface area contributed by atoms with Crippen molar-refractivity contribution in [1.29, 1.82) is 0 Å². The van der Waals surface area contributed by atoms with Crippen molar-refractivity contribution in [1.82, 2.24) is 0 Å². The lowest BCUT2D eigenvalue weighted by molar-refractivity contribution is -0.424. The van der Waals surface area contributed by atoms with E-state index in [2.05, 4.69) is 4.89 Å². The highest BCUT2D eigenvalue weighted by Crippen LogP contribution is 2.49. The molecule has 2 aliphatic rings. The van der Waals surface area contributed by atoms with Crippen LogP contribution in [0.5, 0.6) is 0 Å². The van der Waals surface area contributed by atoms with Crippen molar-refractivity contribution in [2.75, 3.05) is 0 Å². The molecule has 2 fully saturated rings. The second-order valence-corrected chi connectivity index (χ2v) is 9.67. The Labute approximate surface area is 196 Å². The van der Waals surface area contributed by atoms with Crippen LogP contribution in [-0.2, 0) is 23.9 Å². The molecule has 1 N–H and O–H groups in total. The number of hydrogen-bond donors (Lipinski definition) is 1. The minimum Gasteiger partial charge on any atom is -0.458 e. The number of nitro benzene ring substituents is 1. The fraction of sp³-hybridized carbons (Fsp3) is 0.636. The van der Waals surface area contributed by atoms with Crippen LogP contribution >= 0.6 is 11.6 Å². The monoisotopic (exact) mass is 485 g/mol. The van der Waals surface area contributed by atoms with Crippen LogP contribution in [0.25, 0.3) is 0 Å². The Morgan fingerprint density at radius 1 is 1.27 bits per heavy atom. The number of benzene rings is 1. The number of hydrogen-bond acceptors (Lipinski definition) is 9. The van der Waals surface area contributed by atoms with E-state index in [4.69, 9.17) is 31.1 Å². The van der Waals surface area contributed by atoms with Crippen LogP contribution in [0.2, 0.25) is 5.02 Å². The van der Waals surface area contributed by atoms with Gasteiger partial charge in [-0.1, -0.05) is 32.4 Å². The lowest BCUT2D eigenvalue weighted by Crippen LogP contribution is -2.56. The summed E-state index contributed by atoms with van der Waals surface area (Å²) in [5.41, 5.74) is -0.360. The van der Waals surface area contributed by atoms with Crippen molar-refractivity contribution in [2.24, 2.45) is 29.6 Å². The Balaban J connectivity index is 1.82. The van der Waals surface area contributed by atoms with Crippen LogP contribution in [0.15, 0.2) is 18.2 Å². The van der Waals surface area contributed by atoms with Crippen LogP contribution in [0.3, 0.4) is 0 Å². The molecule has 1 aliphatic heterocycles. The lowest BCUT2D eigenvalue weighted by atomic mass is 9.61.